The molecule has 0 unspecified atom stereocenters. The first-order valence-corrected chi connectivity index (χ1v) is 7.04. The molecular weight excluding hydrogens is 240 g/mol. The molecule has 1 heterocycles. The normalized spacial score (nSPS) is 11.8. The fourth-order valence-electron chi connectivity index (χ4n) is 1.73. The summed E-state index contributed by atoms with van der Waals surface area (Å²) in [6.45, 7) is 9.49. The van der Waals surface area contributed by atoms with Crippen LogP contribution in [0, 0.1) is 6.92 Å². The van der Waals surface area contributed by atoms with Crippen molar-refractivity contribution >= 4 is 11.3 Å². The van der Waals surface area contributed by atoms with Gasteiger partial charge in [-0.15, -0.1) is 11.3 Å². The second kappa shape index (κ2) is 5.21. The summed E-state index contributed by atoms with van der Waals surface area (Å²) in [5.74, 6) is 0. The third kappa shape index (κ3) is 3.40. The van der Waals surface area contributed by atoms with E-state index in [2.05, 4.69) is 57.3 Å². The number of thiazole rings is 1. The molecule has 0 saturated heterocycles. The van der Waals surface area contributed by atoms with Crippen LogP contribution in [0.4, 0.5) is 0 Å². The minimum absolute atomic E-state index is 0.131. The topological polar surface area (TPSA) is 24.9 Å². The molecule has 1 aromatic carbocycles. The van der Waals surface area contributed by atoms with Gasteiger partial charge in [-0.2, -0.15) is 0 Å². The Morgan fingerprint density at radius 3 is 2.44 bits per heavy atom. The van der Waals surface area contributed by atoms with Gasteiger partial charge in [-0.05, 0) is 27.7 Å². The molecule has 2 rings (SSSR count). The molecule has 0 atom stereocenters. The zero-order chi connectivity index (χ0) is 13.2. The number of aromatic nitrogens is 1. The lowest BCUT2D eigenvalue weighted by Crippen LogP contribution is -2.34. The van der Waals surface area contributed by atoms with Gasteiger partial charge in [0.15, 0.2) is 0 Å². The molecule has 2 aromatic rings. The average Bonchev–Trinajstić information content (AvgIpc) is 2.68. The standard InChI is InChI=1S/C15H20N2S/c1-11-14(12-8-6-5-7-9-12)17-13(18-11)10-16-15(2,3)4/h5-9,16H,10H2,1-4H3. The number of aryl methyl sites for hydroxylation is 1. The first-order valence-electron chi connectivity index (χ1n) is 6.22. The van der Waals surface area contributed by atoms with Crippen molar-refractivity contribution in [1.82, 2.24) is 10.3 Å². The van der Waals surface area contributed by atoms with Gasteiger partial charge < -0.3 is 5.32 Å². The summed E-state index contributed by atoms with van der Waals surface area (Å²) in [7, 11) is 0. The summed E-state index contributed by atoms with van der Waals surface area (Å²) in [5.41, 5.74) is 2.45. The monoisotopic (exact) mass is 260 g/mol. The zero-order valence-electron chi connectivity index (χ0n) is 11.4. The largest absolute Gasteiger partial charge is 0.306 e. The molecule has 0 aliphatic heterocycles. The highest BCUT2D eigenvalue weighted by atomic mass is 32.1. The number of hydrogen-bond acceptors (Lipinski definition) is 3. The third-order valence-corrected chi connectivity index (χ3v) is 3.63. The molecule has 0 radical (unpaired) electrons. The molecule has 0 aliphatic rings. The van der Waals surface area contributed by atoms with Crippen LogP contribution in [0.1, 0.15) is 30.7 Å². The predicted octanol–water partition coefficient (Wildman–Crippen LogP) is 4.01. The first kappa shape index (κ1) is 13.2. The molecular formula is C15H20N2S. The molecule has 18 heavy (non-hydrogen) atoms. The van der Waals surface area contributed by atoms with Gasteiger partial charge in [0, 0.05) is 22.5 Å². The van der Waals surface area contributed by atoms with E-state index in [1.807, 2.05) is 6.07 Å². The molecule has 0 spiro atoms. The van der Waals surface area contributed by atoms with Crippen LogP contribution in [-0.4, -0.2) is 10.5 Å². The van der Waals surface area contributed by atoms with E-state index in [0.717, 1.165) is 17.2 Å². The lowest BCUT2D eigenvalue weighted by molar-refractivity contribution is 0.424. The maximum Gasteiger partial charge on any atom is 0.107 e. The molecule has 3 heteroatoms. The van der Waals surface area contributed by atoms with Crippen LogP contribution in [0.15, 0.2) is 30.3 Å². The Morgan fingerprint density at radius 1 is 1.17 bits per heavy atom. The maximum atomic E-state index is 4.74. The zero-order valence-corrected chi connectivity index (χ0v) is 12.3. The van der Waals surface area contributed by atoms with E-state index < -0.39 is 0 Å². The van der Waals surface area contributed by atoms with Gasteiger partial charge in [0.25, 0.3) is 0 Å². The highest BCUT2D eigenvalue weighted by Crippen LogP contribution is 2.27. The first-order chi connectivity index (χ1) is 8.46. The van der Waals surface area contributed by atoms with Crippen LogP contribution in [0.2, 0.25) is 0 Å². The van der Waals surface area contributed by atoms with Gasteiger partial charge in [0.05, 0.1) is 5.69 Å². The Labute approximate surface area is 113 Å². The SMILES string of the molecule is Cc1sc(CNC(C)(C)C)nc1-c1ccccc1. The molecule has 0 aliphatic carbocycles. The van der Waals surface area contributed by atoms with E-state index >= 15 is 0 Å². The highest BCUT2D eigenvalue weighted by Gasteiger charge is 2.13. The van der Waals surface area contributed by atoms with Gasteiger partial charge in [-0.3, -0.25) is 0 Å². The summed E-state index contributed by atoms with van der Waals surface area (Å²) in [6, 6.07) is 10.4. The minimum Gasteiger partial charge on any atom is -0.306 e. The second-order valence-corrected chi connectivity index (χ2v) is 6.77. The van der Waals surface area contributed by atoms with Crippen LogP contribution in [0.25, 0.3) is 11.3 Å². The Morgan fingerprint density at radius 2 is 1.83 bits per heavy atom. The van der Waals surface area contributed by atoms with Crippen LogP contribution in [0.5, 0.6) is 0 Å². The molecule has 0 fully saturated rings. The summed E-state index contributed by atoms with van der Waals surface area (Å²) in [5, 5.41) is 4.63. The lowest BCUT2D eigenvalue weighted by Gasteiger charge is -2.19. The number of hydrogen-bond donors (Lipinski definition) is 1. The van der Waals surface area contributed by atoms with Gasteiger partial charge in [0.2, 0.25) is 0 Å². The van der Waals surface area contributed by atoms with Gasteiger partial charge >= 0.3 is 0 Å². The van der Waals surface area contributed by atoms with Crippen molar-refractivity contribution in [3.05, 3.63) is 40.2 Å². The van der Waals surface area contributed by atoms with Crippen molar-refractivity contribution in [1.29, 1.82) is 0 Å². The fraction of sp³-hybridized carbons (Fsp3) is 0.400. The maximum absolute atomic E-state index is 4.74. The van der Waals surface area contributed by atoms with E-state index in [0.29, 0.717) is 0 Å². The predicted molar refractivity (Wildman–Crippen MR) is 78.9 cm³/mol. The number of nitrogens with zero attached hydrogens (tertiary/aromatic N) is 1. The molecule has 1 aromatic heterocycles. The van der Waals surface area contributed by atoms with Gasteiger partial charge in [0.1, 0.15) is 5.01 Å². The summed E-state index contributed by atoms with van der Waals surface area (Å²) in [4.78, 5) is 6.02. The van der Waals surface area contributed by atoms with Crippen LogP contribution >= 0.6 is 11.3 Å². The Balaban J connectivity index is 2.18. The molecule has 96 valence electrons. The molecule has 0 saturated carbocycles. The summed E-state index contributed by atoms with van der Waals surface area (Å²) >= 11 is 1.78. The highest BCUT2D eigenvalue weighted by molar-refractivity contribution is 7.12. The molecule has 0 bridgehead atoms. The Kier molecular flexibility index (Phi) is 3.83. The van der Waals surface area contributed by atoms with Gasteiger partial charge in [-0.1, -0.05) is 30.3 Å². The molecule has 1 N–H and O–H groups in total. The third-order valence-electron chi connectivity index (χ3n) is 2.66. The van der Waals surface area contributed by atoms with Crippen molar-refractivity contribution in [3.8, 4) is 11.3 Å². The van der Waals surface area contributed by atoms with Crippen molar-refractivity contribution in [2.75, 3.05) is 0 Å². The van der Waals surface area contributed by atoms with Crippen molar-refractivity contribution in [2.45, 2.75) is 39.8 Å². The van der Waals surface area contributed by atoms with Crippen molar-refractivity contribution in [3.63, 3.8) is 0 Å². The molecule has 0 amide bonds. The van der Waals surface area contributed by atoms with Crippen molar-refractivity contribution < 1.29 is 0 Å². The number of benzene rings is 1. The summed E-state index contributed by atoms with van der Waals surface area (Å²) in [6.07, 6.45) is 0. The van der Waals surface area contributed by atoms with Gasteiger partial charge in [-0.25, -0.2) is 4.98 Å². The summed E-state index contributed by atoms with van der Waals surface area (Å²) < 4.78 is 0. The molecule has 2 nitrogen and oxygen atoms in total. The van der Waals surface area contributed by atoms with E-state index in [9.17, 15) is 0 Å². The van der Waals surface area contributed by atoms with Crippen molar-refractivity contribution in [2.24, 2.45) is 0 Å². The minimum atomic E-state index is 0.131. The number of rotatable bonds is 3. The second-order valence-electron chi connectivity index (χ2n) is 5.48. The van der Waals surface area contributed by atoms with Crippen LogP contribution in [0.3, 0.4) is 0 Å². The smallest absolute Gasteiger partial charge is 0.107 e. The van der Waals surface area contributed by atoms with E-state index in [4.69, 9.17) is 4.98 Å². The lowest BCUT2D eigenvalue weighted by atomic mass is 10.1. The number of nitrogens with one attached hydrogen (secondary N) is 1. The van der Waals surface area contributed by atoms with Crippen LogP contribution in [-0.2, 0) is 6.54 Å². The fourth-order valence-corrected chi connectivity index (χ4v) is 2.63. The quantitative estimate of drug-likeness (QED) is 0.902. The van der Waals surface area contributed by atoms with Crippen LogP contribution < -0.4 is 5.32 Å². The average molecular weight is 260 g/mol. The van der Waals surface area contributed by atoms with E-state index in [1.54, 1.807) is 11.3 Å². The van der Waals surface area contributed by atoms with E-state index in [-0.39, 0.29) is 5.54 Å². The van der Waals surface area contributed by atoms with E-state index in [1.165, 1.54) is 10.4 Å². The Bertz CT molecular complexity index is 509. The Hall–Kier alpha value is -1.19.